The molecule has 66 valence electrons. The van der Waals surface area contributed by atoms with Crippen LogP contribution in [0.4, 0.5) is 0 Å². The van der Waals surface area contributed by atoms with Crippen LogP contribution >= 0.6 is 11.6 Å². The molecule has 11 heavy (non-hydrogen) atoms. The second kappa shape index (κ2) is 4.71. The van der Waals surface area contributed by atoms with Gasteiger partial charge in [-0.1, -0.05) is 25.1 Å². The molecule has 0 aromatic carbocycles. The maximum Gasteiger partial charge on any atom is 0.277 e. The van der Waals surface area contributed by atoms with Crippen molar-refractivity contribution >= 4 is 21.8 Å². The highest BCUT2D eigenvalue weighted by molar-refractivity contribution is 7.87. The Bertz CT molecular complexity index is 225. The first kappa shape index (κ1) is 10.9. The van der Waals surface area contributed by atoms with Gasteiger partial charge in [-0.25, -0.2) is 4.72 Å². The third-order valence-electron chi connectivity index (χ3n) is 0.788. The summed E-state index contributed by atoms with van der Waals surface area (Å²) < 4.78 is 26.1. The lowest BCUT2D eigenvalue weighted by molar-refractivity contribution is 0.572. The van der Waals surface area contributed by atoms with Crippen molar-refractivity contribution in [3.05, 3.63) is 11.6 Å². The zero-order chi connectivity index (χ0) is 8.91. The molecule has 0 aliphatic heterocycles. The average molecular weight is 199 g/mol. The van der Waals surface area contributed by atoms with Gasteiger partial charge in [0.1, 0.15) is 0 Å². The summed E-state index contributed by atoms with van der Waals surface area (Å²) in [6, 6.07) is 0. The lowest BCUT2D eigenvalue weighted by Gasteiger charge is -2.04. The SMILES string of the molecule is C=C(Cl)CNS(=O)(=O)NCC. The molecule has 0 bridgehead atoms. The molecule has 0 spiro atoms. The Balaban J connectivity index is 3.84. The third kappa shape index (κ3) is 6.30. The minimum absolute atomic E-state index is 0.0525. The van der Waals surface area contributed by atoms with E-state index in [4.69, 9.17) is 11.6 Å². The van der Waals surface area contributed by atoms with Crippen molar-refractivity contribution in [1.82, 2.24) is 9.44 Å². The van der Waals surface area contributed by atoms with Gasteiger partial charge in [0.25, 0.3) is 10.2 Å². The number of rotatable bonds is 5. The predicted octanol–water partition coefficient (Wildman–Crippen LogP) is 0.183. The Labute approximate surface area is 71.8 Å². The zero-order valence-corrected chi connectivity index (χ0v) is 7.80. The van der Waals surface area contributed by atoms with E-state index in [1.807, 2.05) is 0 Å². The average Bonchev–Trinajstić information content (AvgIpc) is 1.84. The molecule has 0 fully saturated rings. The number of nitrogens with one attached hydrogen (secondary N) is 2. The third-order valence-corrected chi connectivity index (χ3v) is 2.12. The number of hydrogen-bond acceptors (Lipinski definition) is 2. The highest BCUT2D eigenvalue weighted by atomic mass is 35.5. The zero-order valence-electron chi connectivity index (χ0n) is 6.22. The van der Waals surface area contributed by atoms with Gasteiger partial charge < -0.3 is 0 Å². The first-order valence-corrected chi connectivity index (χ1v) is 4.91. The van der Waals surface area contributed by atoms with Crippen LogP contribution in [0.25, 0.3) is 0 Å². The van der Waals surface area contributed by atoms with Crippen LogP contribution in [-0.2, 0) is 10.2 Å². The van der Waals surface area contributed by atoms with E-state index in [2.05, 4.69) is 16.0 Å². The maximum absolute atomic E-state index is 10.8. The summed E-state index contributed by atoms with van der Waals surface area (Å²) in [5, 5.41) is 0.256. The molecular weight excluding hydrogens is 188 g/mol. The van der Waals surface area contributed by atoms with Gasteiger partial charge in [0, 0.05) is 18.1 Å². The molecule has 0 saturated heterocycles. The number of hydrogen-bond donors (Lipinski definition) is 2. The van der Waals surface area contributed by atoms with E-state index >= 15 is 0 Å². The minimum Gasteiger partial charge on any atom is -0.203 e. The van der Waals surface area contributed by atoms with Crippen molar-refractivity contribution in [1.29, 1.82) is 0 Å². The van der Waals surface area contributed by atoms with Crippen molar-refractivity contribution in [2.45, 2.75) is 6.92 Å². The molecule has 4 nitrogen and oxygen atoms in total. The second-order valence-electron chi connectivity index (χ2n) is 1.84. The second-order valence-corrected chi connectivity index (χ2v) is 3.96. The van der Waals surface area contributed by atoms with Crippen LogP contribution in [0.2, 0.25) is 0 Å². The largest absolute Gasteiger partial charge is 0.277 e. The number of halogens is 1. The Morgan fingerprint density at radius 2 is 2.09 bits per heavy atom. The van der Waals surface area contributed by atoms with Crippen molar-refractivity contribution in [3.8, 4) is 0 Å². The van der Waals surface area contributed by atoms with Crippen LogP contribution in [0.5, 0.6) is 0 Å². The Kier molecular flexibility index (Phi) is 4.67. The smallest absolute Gasteiger partial charge is 0.203 e. The predicted molar refractivity (Wildman–Crippen MR) is 45.6 cm³/mol. The van der Waals surface area contributed by atoms with Gasteiger partial charge >= 0.3 is 0 Å². The van der Waals surface area contributed by atoms with Crippen molar-refractivity contribution in [2.75, 3.05) is 13.1 Å². The highest BCUT2D eigenvalue weighted by Gasteiger charge is 2.05. The van der Waals surface area contributed by atoms with Crippen LogP contribution in [0, 0.1) is 0 Å². The van der Waals surface area contributed by atoms with Gasteiger partial charge in [-0.2, -0.15) is 13.1 Å². The minimum atomic E-state index is -3.37. The normalized spacial score (nSPS) is 11.5. The van der Waals surface area contributed by atoms with Gasteiger partial charge in [0.15, 0.2) is 0 Å². The maximum atomic E-state index is 10.8. The first-order chi connectivity index (χ1) is 4.98. The van der Waals surface area contributed by atoms with Gasteiger partial charge in [-0.15, -0.1) is 0 Å². The molecule has 2 N–H and O–H groups in total. The van der Waals surface area contributed by atoms with E-state index in [0.29, 0.717) is 6.54 Å². The van der Waals surface area contributed by atoms with Crippen LogP contribution in [0.15, 0.2) is 11.6 Å². The van der Waals surface area contributed by atoms with Gasteiger partial charge in [0.05, 0.1) is 0 Å². The molecule has 0 amide bonds. The van der Waals surface area contributed by atoms with Crippen molar-refractivity contribution in [3.63, 3.8) is 0 Å². The van der Waals surface area contributed by atoms with Gasteiger partial charge in [-0.3, -0.25) is 0 Å². The van der Waals surface area contributed by atoms with E-state index < -0.39 is 10.2 Å². The lowest BCUT2D eigenvalue weighted by atomic mass is 10.7. The Morgan fingerprint density at radius 1 is 1.55 bits per heavy atom. The van der Waals surface area contributed by atoms with Crippen LogP contribution in [-0.4, -0.2) is 21.5 Å². The molecule has 0 rings (SSSR count). The van der Waals surface area contributed by atoms with Crippen LogP contribution < -0.4 is 9.44 Å². The quantitative estimate of drug-likeness (QED) is 0.663. The molecule has 0 aliphatic carbocycles. The van der Waals surface area contributed by atoms with E-state index in [0.717, 1.165) is 0 Å². The summed E-state index contributed by atoms with van der Waals surface area (Å²) >= 11 is 5.33. The van der Waals surface area contributed by atoms with E-state index in [1.54, 1.807) is 6.92 Å². The molecule has 0 aromatic heterocycles. The van der Waals surface area contributed by atoms with Crippen LogP contribution in [0.1, 0.15) is 6.92 Å². The molecule has 0 aliphatic rings. The van der Waals surface area contributed by atoms with Crippen molar-refractivity contribution in [2.24, 2.45) is 0 Å². The molecule has 6 heteroatoms. The van der Waals surface area contributed by atoms with Gasteiger partial charge in [-0.05, 0) is 0 Å². The standard InChI is InChI=1S/C5H11ClN2O2S/c1-3-7-11(9,10)8-4-5(2)6/h7-8H,2-4H2,1H3. The highest BCUT2D eigenvalue weighted by Crippen LogP contribution is 1.92. The summed E-state index contributed by atoms with van der Waals surface area (Å²) in [5.74, 6) is 0. The summed E-state index contributed by atoms with van der Waals surface area (Å²) in [6.45, 7) is 5.42. The molecule has 0 aromatic rings. The fourth-order valence-corrected chi connectivity index (χ4v) is 1.41. The van der Waals surface area contributed by atoms with E-state index in [-0.39, 0.29) is 11.6 Å². The summed E-state index contributed by atoms with van der Waals surface area (Å²) in [4.78, 5) is 0. The van der Waals surface area contributed by atoms with Crippen LogP contribution in [0.3, 0.4) is 0 Å². The first-order valence-electron chi connectivity index (χ1n) is 3.05. The molecule has 0 atom stereocenters. The van der Waals surface area contributed by atoms with Gasteiger partial charge in [0.2, 0.25) is 0 Å². The van der Waals surface area contributed by atoms with E-state index in [1.165, 1.54) is 0 Å². The Hall–Kier alpha value is -0.100. The summed E-state index contributed by atoms with van der Waals surface area (Å²) in [5.41, 5.74) is 0. The summed E-state index contributed by atoms with van der Waals surface area (Å²) in [6.07, 6.45) is 0. The topological polar surface area (TPSA) is 58.2 Å². The molecule has 0 radical (unpaired) electrons. The fraction of sp³-hybridized carbons (Fsp3) is 0.600. The molecule has 0 heterocycles. The molecular formula is C5H11ClN2O2S. The molecule has 0 saturated carbocycles. The fourth-order valence-electron chi connectivity index (χ4n) is 0.414. The lowest BCUT2D eigenvalue weighted by Crippen LogP contribution is -2.36. The molecule has 0 unspecified atom stereocenters. The summed E-state index contributed by atoms with van der Waals surface area (Å²) in [7, 11) is -3.37. The van der Waals surface area contributed by atoms with E-state index in [9.17, 15) is 8.42 Å². The monoisotopic (exact) mass is 198 g/mol. The Morgan fingerprint density at radius 3 is 2.45 bits per heavy atom. The van der Waals surface area contributed by atoms with Crippen molar-refractivity contribution < 1.29 is 8.42 Å².